The molecule has 0 fully saturated rings. The van der Waals surface area contributed by atoms with Crippen LogP contribution in [0.4, 0.5) is 11.4 Å². The van der Waals surface area contributed by atoms with Crippen LogP contribution in [0.5, 0.6) is 0 Å². The predicted molar refractivity (Wildman–Crippen MR) is 148 cm³/mol. The highest BCUT2D eigenvalue weighted by Gasteiger charge is 2.32. The minimum atomic E-state index is 0.124. The van der Waals surface area contributed by atoms with E-state index in [0.717, 1.165) is 18.5 Å². The first kappa shape index (κ1) is 25.9. The molecule has 1 nitrogen and oxygen atoms in total. The van der Waals surface area contributed by atoms with Crippen molar-refractivity contribution in [2.75, 3.05) is 4.90 Å². The first-order valence-corrected chi connectivity index (χ1v) is 13.1. The van der Waals surface area contributed by atoms with Gasteiger partial charge in [-0.3, -0.25) is 0 Å². The Hall–Kier alpha value is -1.67. The number of allylic oxidation sites excluding steroid dienone is 1. The number of nitrogens with zero attached hydrogens (tertiary/aromatic N) is 1. The fourth-order valence-electron chi connectivity index (χ4n) is 5.92. The van der Waals surface area contributed by atoms with E-state index >= 15 is 0 Å². The van der Waals surface area contributed by atoms with Crippen LogP contribution in [0.3, 0.4) is 0 Å². The van der Waals surface area contributed by atoms with Gasteiger partial charge in [0.2, 0.25) is 0 Å². The summed E-state index contributed by atoms with van der Waals surface area (Å²) in [6.07, 6.45) is 2.30. The van der Waals surface area contributed by atoms with Crippen molar-refractivity contribution in [2.45, 2.75) is 110 Å². The first-order chi connectivity index (χ1) is 14.9. The molecule has 0 saturated heterocycles. The van der Waals surface area contributed by atoms with Gasteiger partial charge in [-0.15, -0.1) is 0 Å². The molecule has 2 aromatic carbocycles. The van der Waals surface area contributed by atoms with Crippen molar-refractivity contribution in [3.8, 4) is 0 Å². The van der Waals surface area contributed by atoms with Crippen molar-refractivity contribution < 1.29 is 0 Å². The number of hydrogen-bond acceptors (Lipinski definition) is 2. The van der Waals surface area contributed by atoms with Crippen LogP contribution in [-0.2, 0) is 10.8 Å². The summed E-state index contributed by atoms with van der Waals surface area (Å²) in [5, 5.41) is 0. The summed E-state index contributed by atoms with van der Waals surface area (Å²) >= 11 is 1.92. The average Bonchev–Trinajstić information content (AvgIpc) is 2.60. The van der Waals surface area contributed by atoms with Gasteiger partial charge in [0, 0.05) is 15.5 Å². The fraction of sp³-hybridized carbons (Fsp3) is 0.548. The maximum atomic E-state index is 4.33. The zero-order valence-corrected chi connectivity index (χ0v) is 23.8. The Morgan fingerprint density at radius 3 is 1.36 bits per heavy atom. The van der Waals surface area contributed by atoms with Crippen LogP contribution >= 0.6 is 11.8 Å². The van der Waals surface area contributed by atoms with Crippen LogP contribution in [0.1, 0.15) is 100 Å². The molecular weight excluding hydrogens is 418 g/mol. The molecular formula is C31H45NS. The van der Waals surface area contributed by atoms with Crippen LogP contribution < -0.4 is 4.90 Å². The van der Waals surface area contributed by atoms with Crippen molar-refractivity contribution in [1.82, 2.24) is 0 Å². The van der Waals surface area contributed by atoms with Gasteiger partial charge in [0.15, 0.2) is 0 Å². The van der Waals surface area contributed by atoms with Crippen molar-refractivity contribution in [3.63, 3.8) is 0 Å². The highest BCUT2D eigenvalue weighted by Crippen LogP contribution is 2.52. The summed E-state index contributed by atoms with van der Waals surface area (Å²) in [4.78, 5) is 4.99. The van der Waals surface area contributed by atoms with Crippen LogP contribution in [0.2, 0.25) is 0 Å². The largest absolute Gasteiger partial charge is 0.313 e. The third-order valence-corrected chi connectivity index (χ3v) is 7.60. The van der Waals surface area contributed by atoms with Gasteiger partial charge in [0.25, 0.3) is 0 Å². The molecule has 0 amide bonds. The molecule has 0 spiro atoms. The molecule has 3 rings (SSSR count). The van der Waals surface area contributed by atoms with Crippen LogP contribution in [0.15, 0.2) is 58.5 Å². The normalized spacial score (nSPS) is 14.7. The Labute approximate surface area is 208 Å². The lowest BCUT2D eigenvalue weighted by Gasteiger charge is -2.37. The zero-order valence-electron chi connectivity index (χ0n) is 22.9. The monoisotopic (exact) mass is 463 g/mol. The number of benzene rings is 2. The van der Waals surface area contributed by atoms with Gasteiger partial charge in [-0.2, -0.15) is 0 Å². The van der Waals surface area contributed by atoms with E-state index in [9.17, 15) is 0 Å². The lowest BCUT2D eigenvalue weighted by Crippen LogP contribution is -2.26. The molecule has 0 N–H and O–H groups in total. The van der Waals surface area contributed by atoms with Gasteiger partial charge in [-0.25, -0.2) is 0 Å². The Kier molecular flexibility index (Phi) is 6.70. The maximum Gasteiger partial charge on any atom is 0.0598 e. The molecule has 0 saturated carbocycles. The highest BCUT2D eigenvalue weighted by atomic mass is 32.2. The minimum absolute atomic E-state index is 0.124. The van der Waals surface area contributed by atoms with Gasteiger partial charge >= 0.3 is 0 Å². The molecule has 180 valence electrons. The zero-order chi connectivity index (χ0) is 25.0. The van der Waals surface area contributed by atoms with Crippen molar-refractivity contribution >= 4 is 23.1 Å². The Morgan fingerprint density at radius 1 is 0.697 bits per heavy atom. The van der Waals surface area contributed by atoms with E-state index in [-0.39, 0.29) is 21.7 Å². The fourth-order valence-corrected chi connectivity index (χ4v) is 7.05. The molecule has 33 heavy (non-hydrogen) atoms. The van der Waals surface area contributed by atoms with E-state index in [4.69, 9.17) is 0 Å². The van der Waals surface area contributed by atoms with Gasteiger partial charge in [0.1, 0.15) is 0 Å². The van der Waals surface area contributed by atoms with Crippen molar-refractivity contribution in [3.05, 3.63) is 59.8 Å². The van der Waals surface area contributed by atoms with E-state index in [1.807, 2.05) is 11.8 Å². The quantitative estimate of drug-likeness (QED) is 0.434. The van der Waals surface area contributed by atoms with E-state index in [1.54, 1.807) is 0 Å². The summed E-state index contributed by atoms with van der Waals surface area (Å²) < 4.78 is 0. The van der Waals surface area contributed by atoms with Crippen LogP contribution in [0, 0.1) is 10.8 Å². The molecule has 0 aliphatic carbocycles. The lowest BCUT2D eigenvalue weighted by molar-refractivity contribution is 0.283. The molecule has 2 heteroatoms. The molecule has 0 aromatic heterocycles. The topological polar surface area (TPSA) is 3.24 Å². The van der Waals surface area contributed by atoms with E-state index in [2.05, 4.69) is 124 Å². The van der Waals surface area contributed by atoms with E-state index in [0.29, 0.717) is 0 Å². The lowest BCUT2D eigenvalue weighted by atomic mass is 9.72. The molecule has 1 heterocycles. The second-order valence-corrected chi connectivity index (χ2v) is 14.9. The van der Waals surface area contributed by atoms with Crippen molar-refractivity contribution in [1.29, 1.82) is 0 Å². The summed E-state index contributed by atoms with van der Waals surface area (Å²) in [5.41, 5.74) is 7.20. The van der Waals surface area contributed by atoms with Crippen LogP contribution in [0.25, 0.3) is 0 Å². The molecule has 1 aliphatic rings. The second kappa shape index (κ2) is 8.52. The summed E-state index contributed by atoms with van der Waals surface area (Å²) in [6.45, 7) is 30.0. The third-order valence-electron chi connectivity index (χ3n) is 6.51. The van der Waals surface area contributed by atoms with E-state index < -0.39 is 0 Å². The highest BCUT2D eigenvalue weighted by molar-refractivity contribution is 7.99. The van der Waals surface area contributed by atoms with Crippen LogP contribution in [-0.4, -0.2) is 0 Å². The summed E-state index contributed by atoms with van der Waals surface area (Å²) in [5.74, 6) is 0. The number of hydrogen-bond donors (Lipinski definition) is 0. The SMILES string of the molecule is C=C(C)N1c2ccc(C(C)(C)CC(C)(C)C)cc2Sc2cc(C(C)(C)CC(C)(C)C)ccc21. The Balaban J connectivity index is 2.07. The van der Waals surface area contributed by atoms with Crippen molar-refractivity contribution in [2.24, 2.45) is 10.8 Å². The molecule has 0 radical (unpaired) electrons. The molecule has 0 atom stereocenters. The van der Waals surface area contributed by atoms with Gasteiger partial charge in [0.05, 0.1) is 11.4 Å². The Bertz CT molecular complexity index is 966. The number of anilines is 2. The molecule has 2 aromatic rings. The summed E-state index contributed by atoms with van der Waals surface area (Å²) in [6, 6.07) is 14.1. The average molecular weight is 464 g/mol. The summed E-state index contributed by atoms with van der Waals surface area (Å²) in [7, 11) is 0. The Morgan fingerprint density at radius 2 is 1.06 bits per heavy atom. The first-order valence-electron chi connectivity index (χ1n) is 12.3. The minimum Gasteiger partial charge on any atom is -0.313 e. The van der Waals surface area contributed by atoms with Gasteiger partial charge < -0.3 is 4.90 Å². The maximum absolute atomic E-state index is 4.33. The smallest absolute Gasteiger partial charge is 0.0598 e. The predicted octanol–water partition coefficient (Wildman–Crippen LogP) is 10.3. The molecule has 1 aliphatic heterocycles. The molecule has 0 unspecified atom stereocenters. The third kappa shape index (κ3) is 5.88. The second-order valence-electron chi connectivity index (χ2n) is 13.8. The number of fused-ring (bicyclic) bond motifs is 2. The number of rotatable bonds is 5. The van der Waals surface area contributed by atoms with Gasteiger partial charge in [-0.05, 0) is 76.8 Å². The van der Waals surface area contributed by atoms with E-state index in [1.165, 1.54) is 32.3 Å². The van der Waals surface area contributed by atoms with Gasteiger partial charge in [-0.1, -0.05) is 99.7 Å². The standard InChI is InChI=1S/C31H45NS/c1-21(2)32-24-15-13-22(30(9,10)19-28(3,4)5)17-26(24)33-27-18-23(14-16-25(27)32)31(11,12)20-29(6,7)8/h13-18H,1,19-20H2,2-12H3. The molecule has 0 bridgehead atoms.